The first-order chi connectivity index (χ1) is 6.57. The fourth-order valence-electron chi connectivity index (χ4n) is 1.19. The Balaban J connectivity index is 2.63. The number of fused-ring (bicyclic) bond motifs is 1. The number of hydrogen-bond donors (Lipinski definition) is 0. The standard InChI is InChI=1S/C10H5F3N/c11-10(12,13)8-4-3-7-2-1-5-14-9(7)6-8/h2-6H. The van der Waals surface area contributed by atoms with Crippen LogP contribution in [-0.4, -0.2) is 4.98 Å². The molecule has 4 heteroatoms. The molecule has 1 radical (unpaired) electrons. The van der Waals surface area contributed by atoms with Crippen molar-refractivity contribution in [2.24, 2.45) is 0 Å². The quantitative estimate of drug-likeness (QED) is 0.631. The van der Waals surface area contributed by atoms with Gasteiger partial charge in [-0.2, -0.15) is 13.2 Å². The number of alkyl halides is 3. The lowest BCUT2D eigenvalue weighted by Crippen LogP contribution is -2.04. The van der Waals surface area contributed by atoms with E-state index >= 15 is 0 Å². The van der Waals surface area contributed by atoms with Crippen LogP contribution in [0.15, 0.2) is 30.5 Å². The summed E-state index contributed by atoms with van der Waals surface area (Å²) in [6.07, 6.45) is -2.96. The molecule has 1 aromatic carbocycles. The second-order valence-corrected chi connectivity index (χ2v) is 2.84. The number of halogens is 3. The summed E-state index contributed by atoms with van der Waals surface area (Å²) in [6.45, 7) is 0. The van der Waals surface area contributed by atoms with Gasteiger partial charge in [-0.1, -0.05) is 6.07 Å². The monoisotopic (exact) mass is 196 g/mol. The fourth-order valence-corrected chi connectivity index (χ4v) is 1.19. The van der Waals surface area contributed by atoms with Crippen molar-refractivity contribution in [3.8, 4) is 0 Å². The Labute approximate surface area is 78.2 Å². The zero-order chi connectivity index (χ0) is 10.2. The highest BCUT2D eigenvalue weighted by Gasteiger charge is 2.30. The van der Waals surface area contributed by atoms with E-state index in [1.54, 1.807) is 6.07 Å². The van der Waals surface area contributed by atoms with Crippen molar-refractivity contribution in [1.82, 2.24) is 4.98 Å². The maximum absolute atomic E-state index is 12.3. The smallest absolute Gasteiger partial charge is 0.256 e. The highest BCUT2D eigenvalue weighted by Crippen LogP contribution is 2.30. The van der Waals surface area contributed by atoms with Gasteiger partial charge < -0.3 is 0 Å². The molecule has 0 aliphatic heterocycles. The van der Waals surface area contributed by atoms with Crippen molar-refractivity contribution in [1.29, 1.82) is 0 Å². The van der Waals surface area contributed by atoms with Crippen LogP contribution in [0.3, 0.4) is 0 Å². The lowest BCUT2D eigenvalue weighted by Gasteiger charge is -2.06. The molecule has 0 atom stereocenters. The van der Waals surface area contributed by atoms with Crippen molar-refractivity contribution in [3.05, 3.63) is 42.1 Å². The first-order valence-electron chi connectivity index (χ1n) is 3.90. The largest absolute Gasteiger partial charge is 0.416 e. The van der Waals surface area contributed by atoms with Gasteiger partial charge in [0.2, 0.25) is 0 Å². The molecule has 0 unspecified atom stereocenters. The molecule has 0 saturated heterocycles. The number of benzene rings is 1. The Morgan fingerprint density at radius 3 is 2.71 bits per heavy atom. The topological polar surface area (TPSA) is 12.9 Å². The van der Waals surface area contributed by atoms with Gasteiger partial charge >= 0.3 is 6.18 Å². The van der Waals surface area contributed by atoms with E-state index in [0.717, 1.165) is 12.1 Å². The van der Waals surface area contributed by atoms with Crippen molar-refractivity contribution in [2.45, 2.75) is 6.18 Å². The fraction of sp³-hybridized carbons (Fsp3) is 0.100. The summed E-state index contributed by atoms with van der Waals surface area (Å²) < 4.78 is 36.8. The minimum atomic E-state index is -4.31. The summed E-state index contributed by atoms with van der Waals surface area (Å²) >= 11 is 0. The third kappa shape index (κ3) is 1.55. The van der Waals surface area contributed by atoms with Gasteiger partial charge in [0.1, 0.15) is 0 Å². The predicted octanol–water partition coefficient (Wildman–Crippen LogP) is 3.05. The number of pyridine rings is 1. The lowest BCUT2D eigenvalue weighted by molar-refractivity contribution is -0.137. The van der Waals surface area contributed by atoms with Gasteiger partial charge in [-0.15, -0.1) is 0 Å². The van der Waals surface area contributed by atoms with Crippen molar-refractivity contribution in [3.63, 3.8) is 0 Å². The van der Waals surface area contributed by atoms with Crippen LogP contribution in [0.25, 0.3) is 10.9 Å². The molecule has 1 heterocycles. The molecule has 0 aliphatic rings. The van der Waals surface area contributed by atoms with Crippen molar-refractivity contribution in [2.75, 3.05) is 0 Å². The van der Waals surface area contributed by atoms with E-state index in [1.807, 2.05) is 0 Å². The summed E-state index contributed by atoms with van der Waals surface area (Å²) in [5, 5.41) is 0.653. The predicted molar refractivity (Wildman–Crippen MR) is 45.6 cm³/mol. The van der Waals surface area contributed by atoms with E-state index in [2.05, 4.69) is 11.1 Å². The van der Waals surface area contributed by atoms with Gasteiger partial charge in [-0.25, -0.2) is 0 Å². The molecule has 0 bridgehead atoms. The normalized spacial score (nSPS) is 11.9. The van der Waals surface area contributed by atoms with Crippen LogP contribution < -0.4 is 0 Å². The SMILES string of the molecule is FC(F)(F)c1ccc2c[c]cnc2c1. The molecular weight excluding hydrogens is 191 g/mol. The van der Waals surface area contributed by atoms with Gasteiger partial charge in [0.25, 0.3) is 0 Å². The Bertz CT molecular complexity index is 462. The van der Waals surface area contributed by atoms with Crippen LogP contribution in [0.1, 0.15) is 5.56 Å². The first-order valence-corrected chi connectivity index (χ1v) is 3.90. The molecule has 0 amide bonds. The lowest BCUT2D eigenvalue weighted by atomic mass is 10.1. The van der Waals surface area contributed by atoms with Gasteiger partial charge in [-0.05, 0) is 18.2 Å². The highest BCUT2D eigenvalue weighted by molar-refractivity contribution is 5.78. The van der Waals surface area contributed by atoms with Gasteiger partial charge in [0.15, 0.2) is 0 Å². The third-order valence-electron chi connectivity index (χ3n) is 1.87. The molecule has 1 aromatic heterocycles. The van der Waals surface area contributed by atoms with Gasteiger partial charge in [0, 0.05) is 17.6 Å². The van der Waals surface area contributed by atoms with Crippen LogP contribution in [0, 0.1) is 6.07 Å². The van der Waals surface area contributed by atoms with E-state index in [-0.39, 0.29) is 0 Å². The van der Waals surface area contributed by atoms with E-state index in [0.29, 0.717) is 10.9 Å². The molecule has 0 fully saturated rings. The minimum absolute atomic E-state index is 0.332. The van der Waals surface area contributed by atoms with E-state index in [1.165, 1.54) is 12.3 Å². The Morgan fingerprint density at radius 2 is 2.00 bits per heavy atom. The molecule has 71 valence electrons. The van der Waals surface area contributed by atoms with E-state index < -0.39 is 11.7 Å². The summed E-state index contributed by atoms with van der Waals surface area (Å²) in [6, 6.07) is 7.76. The second-order valence-electron chi connectivity index (χ2n) is 2.84. The molecule has 0 saturated carbocycles. The third-order valence-corrected chi connectivity index (χ3v) is 1.87. The Hall–Kier alpha value is -1.58. The zero-order valence-electron chi connectivity index (χ0n) is 6.97. The van der Waals surface area contributed by atoms with Crippen LogP contribution in [0.5, 0.6) is 0 Å². The molecule has 14 heavy (non-hydrogen) atoms. The second kappa shape index (κ2) is 2.97. The Morgan fingerprint density at radius 1 is 1.21 bits per heavy atom. The number of nitrogens with zero attached hydrogens (tertiary/aromatic N) is 1. The van der Waals surface area contributed by atoms with Crippen LogP contribution in [-0.2, 0) is 6.18 Å². The maximum Gasteiger partial charge on any atom is 0.416 e. The number of rotatable bonds is 0. The zero-order valence-corrected chi connectivity index (χ0v) is 6.97. The number of aromatic nitrogens is 1. The maximum atomic E-state index is 12.3. The van der Waals surface area contributed by atoms with Crippen LogP contribution >= 0.6 is 0 Å². The van der Waals surface area contributed by atoms with E-state index in [9.17, 15) is 13.2 Å². The summed E-state index contributed by atoms with van der Waals surface area (Å²) in [7, 11) is 0. The van der Waals surface area contributed by atoms with Crippen LogP contribution in [0.4, 0.5) is 13.2 Å². The summed E-state index contributed by atoms with van der Waals surface area (Å²) in [5.74, 6) is 0. The Kier molecular flexibility index (Phi) is 1.91. The van der Waals surface area contributed by atoms with Crippen molar-refractivity contribution >= 4 is 10.9 Å². The average Bonchev–Trinajstić information content (AvgIpc) is 2.16. The number of hydrogen-bond acceptors (Lipinski definition) is 1. The highest BCUT2D eigenvalue weighted by atomic mass is 19.4. The molecular formula is C10H5F3N. The van der Waals surface area contributed by atoms with Gasteiger partial charge in [-0.3, -0.25) is 4.98 Å². The summed E-state index contributed by atoms with van der Waals surface area (Å²) in [4.78, 5) is 3.80. The molecule has 2 rings (SSSR count). The molecule has 0 N–H and O–H groups in total. The molecule has 0 aliphatic carbocycles. The molecule has 2 aromatic rings. The van der Waals surface area contributed by atoms with Crippen LogP contribution in [0.2, 0.25) is 0 Å². The minimum Gasteiger partial charge on any atom is -0.256 e. The van der Waals surface area contributed by atoms with Gasteiger partial charge in [0.05, 0.1) is 11.1 Å². The van der Waals surface area contributed by atoms with E-state index in [4.69, 9.17) is 0 Å². The average molecular weight is 196 g/mol. The molecule has 0 spiro atoms. The van der Waals surface area contributed by atoms with Crippen molar-refractivity contribution < 1.29 is 13.2 Å². The summed E-state index contributed by atoms with van der Waals surface area (Å²) in [5.41, 5.74) is -0.345. The first kappa shape index (κ1) is 8.99. The molecule has 1 nitrogen and oxygen atoms in total.